The molecule has 3 nitrogen and oxygen atoms in total. The smallest absolute Gasteiger partial charge is 0.118 e. The summed E-state index contributed by atoms with van der Waals surface area (Å²) in [7, 11) is 0. The van der Waals surface area contributed by atoms with E-state index in [1.807, 2.05) is 13.0 Å². The zero-order chi connectivity index (χ0) is 8.27. The molecule has 0 amide bonds. The fraction of sp³-hybridized carbons (Fsp3) is 0.125. The first kappa shape index (κ1) is 7.60. The largest absolute Gasteiger partial charge is 0.508 e. The number of rotatable bonds is 1. The van der Waals surface area contributed by atoms with E-state index in [1.165, 1.54) is 6.21 Å². The predicted octanol–water partition coefficient (Wildman–Crippen LogP) is 0.993. The number of phenolic OH excluding ortho intramolecular Hbond substituents is 1. The van der Waals surface area contributed by atoms with Crippen molar-refractivity contribution in [2.75, 3.05) is 0 Å². The molecule has 3 N–H and O–H groups in total. The number of nitrogens with two attached hydrogens (primary N) is 1. The Hall–Kier alpha value is -1.51. The lowest BCUT2D eigenvalue weighted by molar-refractivity contribution is 0.471. The molecular formula is C8H10N2O. The number of hydrazone groups is 1. The van der Waals surface area contributed by atoms with Crippen LogP contribution in [0.1, 0.15) is 11.1 Å². The molecule has 0 bridgehead atoms. The van der Waals surface area contributed by atoms with Crippen molar-refractivity contribution in [3.05, 3.63) is 29.3 Å². The first-order valence-electron chi connectivity index (χ1n) is 3.27. The molecule has 0 atom stereocenters. The van der Waals surface area contributed by atoms with Gasteiger partial charge >= 0.3 is 0 Å². The van der Waals surface area contributed by atoms with Gasteiger partial charge in [0.05, 0.1) is 6.21 Å². The maximum absolute atomic E-state index is 9.14. The van der Waals surface area contributed by atoms with Gasteiger partial charge in [0.2, 0.25) is 0 Å². The molecule has 0 unspecified atom stereocenters. The van der Waals surface area contributed by atoms with Gasteiger partial charge < -0.3 is 10.9 Å². The monoisotopic (exact) mass is 150 g/mol. The topological polar surface area (TPSA) is 58.6 Å². The minimum Gasteiger partial charge on any atom is -0.508 e. The fourth-order valence-corrected chi connectivity index (χ4v) is 0.845. The van der Waals surface area contributed by atoms with Crippen molar-refractivity contribution in [2.24, 2.45) is 10.9 Å². The van der Waals surface area contributed by atoms with Gasteiger partial charge in [-0.1, -0.05) is 0 Å². The highest BCUT2D eigenvalue weighted by atomic mass is 16.3. The molecule has 0 aliphatic heterocycles. The summed E-state index contributed by atoms with van der Waals surface area (Å²) >= 11 is 0. The molecule has 0 heterocycles. The molecule has 0 aliphatic carbocycles. The number of hydrogen-bond donors (Lipinski definition) is 2. The summed E-state index contributed by atoms with van der Waals surface area (Å²) in [4.78, 5) is 0. The summed E-state index contributed by atoms with van der Waals surface area (Å²) in [5.74, 6) is 5.25. The summed E-state index contributed by atoms with van der Waals surface area (Å²) in [5, 5.41) is 12.5. The quantitative estimate of drug-likeness (QED) is 0.356. The minimum atomic E-state index is 0.291. The number of nitrogens with zero attached hydrogens (tertiary/aromatic N) is 1. The Kier molecular flexibility index (Phi) is 2.11. The molecule has 0 spiro atoms. The molecule has 1 rings (SSSR count). The summed E-state index contributed by atoms with van der Waals surface area (Å²) < 4.78 is 0. The molecule has 11 heavy (non-hydrogen) atoms. The lowest BCUT2D eigenvalue weighted by Gasteiger charge is -1.97. The van der Waals surface area contributed by atoms with E-state index in [9.17, 15) is 0 Å². The van der Waals surface area contributed by atoms with Crippen LogP contribution in [0.25, 0.3) is 0 Å². The molecule has 58 valence electrons. The van der Waals surface area contributed by atoms with Gasteiger partial charge in [-0.25, -0.2) is 0 Å². The second-order valence-corrected chi connectivity index (χ2v) is 2.32. The third kappa shape index (κ3) is 1.70. The van der Waals surface area contributed by atoms with Crippen molar-refractivity contribution in [3.8, 4) is 5.75 Å². The maximum atomic E-state index is 9.14. The molecule has 0 aliphatic rings. The van der Waals surface area contributed by atoms with E-state index in [4.69, 9.17) is 10.9 Å². The van der Waals surface area contributed by atoms with Gasteiger partial charge in [0.1, 0.15) is 5.75 Å². The molecule has 0 saturated heterocycles. The highest BCUT2D eigenvalue weighted by molar-refractivity contribution is 5.79. The summed E-state index contributed by atoms with van der Waals surface area (Å²) in [6, 6.07) is 5.18. The number of benzene rings is 1. The molecule has 1 aromatic carbocycles. The zero-order valence-corrected chi connectivity index (χ0v) is 6.28. The molecule has 0 radical (unpaired) electrons. The van der Waals surface area contributed by atoms with Crippen LogP contribution in [-0.4, -0.2) is 11.3 Å². The van der Waals surface area contributed by atoms with E-state index in [0.717, 1.165) is 11.1 Å². The zero-order valence-electron chi connectivity index (χ0n) is 6.28. The van der Waals surface area contributed by atoms with Gasteiger partial charge in [-0.05, 0) is 36.2 Å². The Morgan fingerprint density at radius 3 is 2.82 bits per heavy atom. The maximum Gasteiger partial charge on any atom is 0.118 e. The van der Waals surface area contributed by atoms with E-state index in [0.29, 0.717) is 5.75 Å². The molecule has 0 aromatic heterocycles. The van der Waals surface area contributed by atoms with E-state index < -0.39 is 0 Å². The van der Waals surface area contributed by atoms with E-state index in [1.54, 1.807) is 12.1 Å². The van der Waals surface area contributed by atoms with Crippen LogP contribution in [0, 0.1) is 6.92 Å². The number of aromatic hydroxyl groups is 1. The Balaban J connectivity index is 3.05. The second-order valence-electron chi connectivity index (χ2n) is 2.32. The Morgan fingerprint density at radius 2 is 2.27 bits per heavy atom. The van der Waals surface area contributed by atoms with E-state index >= 15 is 0 Å². The molecule has 0 fully saturated rings. The average molecular weight is 150 g/mol. The Labute approximate surface area is 65.2 Å². The van der Waals surface area contributed by atoms with Crippen molar-refractivity contribution in [1.29, 1.82) is 0 Å². The van der Waals surface area contributed by atoms with Crippen LogP contribution in [0.4, 0.5) is 0 Å². The second kappa shape index (κ2) is 3.05. The standard InChI is InChI=1S/C8H10N2O/c1-6-4-7(5-10-9)2-3-8(6)11/h2-5,11H,9H2,1H3. The number of aryl methyl sites for hydroxylation is 1. The first-order valence-corrected chi connectivity index (χ1v) is 3.27. The minimum absolute atomic E-state index is 0.291. The average Bonchev–Trinajstić information content (AvgIpc) is 1.98. The van der Waals surface area contributed by atoms with Gasteiger partial charge in [-0.15, -0.1) is 0 Å². The van der Waals surface area contributed by atoms with Gasteiger partial charge in [0.15, 0.2) is 0 Å². The Morgan fingerprint density at radius 1 is 1.55 bits per heavy atom. The summed E-state index contributed by atoms with van der Waals surface area (Å²) in [6.45, 7) is 1.82. The third-order valence-electron chi connectivity index (χ3n) is 1.44. The highest BCUT2D eigenvalue weighted by Gasteiger charge is 1.94. The highest BCUT2D eigenvalue weighted by Crippen LogP contribution is 2.15. The van der Waals surface area contributed by atoms with E-state index in [2.05, 4.69) is 5.10 Å². The predicted molar refractivity (Wildman–Crippen MR) is 44.6 cm³/mol. The van der Waals surface area contributed by atoms with Gasteiger partial charge in [0.25, 0.3) is 0 Å². The fourth-order valence-electron chi connectivity index (χ4n) is 0.845. The van der Waals surface area contributed by atoms with Crippen molar-refractivity contribution >= 4 is 6.21 Å². The van der Waals surface area contributed by atoms with Gasteiger partial charge in [0, 0.05) is 0 Å². The van der Waals surface area contributed by atoms with Gasteiger partial charge in [-0.3, -0.25) is 0 Å². The van der Waals surface area contributed by atoms with Crippen LogP contribution < -0.4 is 5.84 Å². The van der Waals surface area contributed by atoms with E-state index in [-0.39, 0.29) is 0 Å². The number of hydrogen-bond acceptors (Lipinski definition) is 3. The van der Waals surface area contributed by atoms with Gasteiger partial charge in [-0.2, -0.15) is 5.10 Å². The normalized spacial score (nSPS) is 10.6. The molecule has 0 saturated carbocycles. The summed E-state index contributed by atoms with van der Waals surface area (Å²) in [5.41, 5.74) is 1.71. The van der Waals surface area contributed by atoms with Crippen LogP contribution in [0.15, 0.2) is 23.3 Å². The van der Waals surface area contributed by atoms with Crippen LogP contribution in [0.3, 0.4) is 0 Å². The first-order chi connectivity index (χ1) is 5.24. The van der Waals surface area contributed by atoms with Crippen molar-refractivity contribution in [2.45, 2.75) is 6.92 Å². The van der Waals surface area contributed by atoms with Crippen LogP contribution in [-0.2, 0) is 0 Å². The molecule has 3 heteroatoms. The molecule has 1 aromatic rings. The third-order valence-corrected chi connectivity index (χ3v) is 1.44. The van der Waals surface area contributed by atoms with Crippen molar-refractivity contribution in [3.63, 3.8) is 0 Å². The number of phenols is 1. The molecular weight excluding hydrogens is 140 g/mol. The van der Waals surface area contributed by atoms with Crippen LogP contribution in [0.2, 0.25) is 0 Å². The lowest BCUT2D eigenvalue weighted by Crippen LogP contribution is -1.86. The Bertz CT molecular complexity index is 281. The van der Waals surface area contributed by atoms with Crippen molar-refractivity contribution < 1.29 is 5.11 Å². The SMILES string of the molecule is Cc1cc(C=NN)ccc1O. The van der Waals surface area contributed by atoms with Crippen LogP contribution in [0.5, 0.6) is 5.75 Å². The van der Waals surface area contributed by atoms with Crippen LogP contribution >= 0.6 is 0 Å². The van der Waals surface area contributed by atoms with Crippen molar-refractivity contribution in [1.82, 2.24) is 0 Å². The summed E-state index contributed by atoms with van der Waals surface area (Å²) in [6.07, 6.45) is 1.53. The lowest BCUT2D eigenvalue weighted by atomic mass is 10.1.